The first-order valence-electron chi connectivity index (χ1n) is 7.06. The van der Waals surface area contributed by atoms with Gasteiger partial charge in [-0.25, -0.2) is 0 Å². The van der Waals surface area contributed by atoms with Crippen molar-refractivity contribution in [1.29, 1.82) is 0 Å². The van der Waals surface area contributed by atoms with Crippen molar-refractivity contribution in [1.82, 2.24) is 10.2 Å². The molecule has 2 nitrogen and oxygen atoms in total. The van der Waals surface area contributed by atoms with Gasteiger partial charge in [0.15, 0.2) is 0 Å². The van der Waals surface area contributed by atoms with Gasteiger partial charge in [-0.2, -0.15) is 5.10 Å². The standard InChI is InChI=1S/C18H17ClN2/c1-12(2)17-16(14-9-6-10-15(19)11-14)18(21-20-17)13-7-4-3-5-8-13/h3-12H,1-2H3,(H,20,21). The molecule has 0 amide bonds. The van der Waals surface area contributed by atoms with Gasteiger partial charge < -0.3 is 0 Å². The van der Waals surface area contributed by atoms with Gasteiger partial charge in [0.1, 0.15) is 5.69 Å². The van der Waals surface area contributed by atoms with E-state index in [-0.39, 0.29) is 0 Å². The molecule has 0 radical (unpaired) electrons. The average molecular weight is 297 g/mol. The Bertz CT molecular complexity index is 745. The smallest absolute Gasteiger partial charge is 0.100 e. The molecule has 106 valence electrons. The Balaban J connectivity index is 2.23. The van der Waals surface area contributed by atoms with Crippen molar-refractivity contribution in [2.75, 3.05) is 0 Å². The highest BCUT2D eigenvalue weighted by Crippen LogP contribution is 2.36. The Labute approximate surface area is 129 Å². The van der Waals surface area contributed by atoms with Gasteiger partial charge in [-0.15, -0.1) is 0 Å². The van der Waals surface area contributed by atoms with Gasteiger partial charge >= 0.3 is 0 Å². The van der Waals surface area contributed by atoms with Gasteiger partial charge in [0.05, 0.1) is 0 Å². The summed E-state index contributed by atoms with van der Waals surface area (Å²) in [5.41, 5.74) is 5.45. The summed E-state index contributed by atoms with van der Waals surface area (Å²) in [4.78, 5) is 0. The molecule has 0 aliphatic rings. The summed E-state index contributed by atoms with van der Waals surface area (Å²) in [6, 6.07) is 18.2. The summed E-state index contributed by atoms with van der Waals surface area (Å²) in [5, 5.41) is 8.48. The van der Waals surface area contributed by atoms with E-state index < -0.39 is 0 Å². The normalized spacial score (nSPS) is 11.0. The van der Waals surface area contributed by atoms with E-state index in [1.165, 1.54) is 0 Å². The molecule has 0 atom stereocenters. The van der Waals surface area contributed by atoms with Crippen LogP contribution in [0.3, 0.4) is 0 Å². The highest BCUT2D eigenvalue weighted by atomic mass is 35.5. The fourth-order valence-electron chi connectivity index (χ4n) is 2.51. The van der Waals surface area contributed by atoms with Crippen LogP contribution in [0.1, 0.15) is 25.5 Å². The van der Waals surface area contributed by atoms with Crippen molar-refractivity contribution in [3.63, 3.8) is 0 Å². The molecule has 3 heteroatoms. The number of rotatable bonds is 3. The van der Waals surface area contributed by atoms with Crippen LogP contribution in [0.25, 0.3) is 22.4 Å². The summed E-state index contributed by atoms with van der Waals surface area (Å²) in [6.45, 7) is 4.33. The fraction of sp³-hybridized carbons (Fsp3) is 0.167. The molecule has 1 aromatic heterocycles. The first-order chi connectivity index (χ1) is 10.2. The number of nitrogens with one attached hydrogen (secondary N) is 1. The molecular formula is C18H17ClN2. The van der Waals surface area contributed by atoms with Crippen LogP contribution in [0.2, 0.25) is 5.02 Å². The van der Waals surface area contributed by atoms with Gasteiger partial charge in [0, 0.05) is 21.8 Å². The average Bonchev–Trinajstić information content (AvgIpc) is 2.93. The van der Waals surface area contributed by atoms with Crippen LogP contribution in [0, 0.1) is 0 Å². The van der Waals surface area contributed by atoms with Gasteiger partial charge in [-0.05, 0) is 23.6 Å². The Hall–Kier alpha value is -2.06. The van der Waals surface area contributed by atoms with Gasteiger partial charge in [-0.1, -0.05) is 67.9 Å². The van der Waals surface area contributed by atoms with E-state index in [9.17, 15) is 0 Å². The number of hydrogen-bond acceptors (Lipinski definition) is 1. The van der Waals surface area contributed by atoms with Crippen molar-refractivity contribution in [3.8, 4) is 22.4 Å². The largest absolute Gasteiger partial charge is 0.281 e. The molecule has 0 saturated carbocycles. The lowest BCUT2D eigenvalue weighted by Gasteiger charge is -2.09. The zero-order valence-electron chi connectivity index (χ0n) is 12.1. The molecule has 1 N–H and O–H groups in total. The van der Waals surface area contributed by atoms with E-state index in [4.69, 9.17) is 11.6 Å². The number of aromatic nitrogens is 2. The molecule has 0 unspecified atom stereocenters. The van der Waals surface area contributed by atoms with Gasteiger partial charge in [-0.3, -0.25) is 5.10 Å². The second kappa shape index (κ2) is 5.74. The quantitative estimate of drug-likeness (QED) is 0.677. The molecule has 21 heavy (non-hydrogen) atoms. The van der Waals surface area contributed by atoms with E-state index in [0.29, 0.717) is 5.92 Å². The lowest BCUT2D eigenvalue weighted by atomic mass is 9.95. The minimum absolute atomic E-state index is 0.365. The zero-order chi connectivity index (χ0) is 14.8. The van der Waals surface area contributed by atoms with Crippen molar-refractivity contribution in [2.45, 2.75) is 19.8 Å². The summed E-state index contributed by atoms with van der Waals surface area (Å²) in [7, 11) is 0. The first-order valence-corrected chi connectivity index (χ1v) is 7.44. The molecule has 0 spiro atoms. The van der Waals surface area contributed by atoms with Crippen LogP contribution in [0.15, 0.2) is 54.6 Å². The van der Waals surface area contributed by atoms with Crippen molar-refractivity contribution in [2.24, 2.45) is 0 Å². The lowest BCUT2D eigenvalue weighted by molar-refractivity contribution is 0.812. The number of nitrogens with zero attached hydrogens (tertiary/aromatic N) is 1. The molecule has 3 rings (SSSR count). The maximum atomic E-state index is 6.16. The molecule has 1 heterocycles. The minimum atomic E-state index is 0.365. The van der Waals surface area contributed by atoms with E-state index in [1.807, 2.05) is 36.4 Å². The van der Waals surface area contributed by atoms with Crippen molar-refractivity contribution >= 4 is 11.6 Å². The lowest BCUT2D eigenvalue weighted by Crippen LogP contribution is -1.91. The molecule has 2 aromatic carbocycles. The topological polar surface area (TPSA) is 28.7 Å². The maximum Gasteiger partial charge on any atom is 0.100 e. The molecule has 3 aromatic rings. The molecule has 0 aliphatic heterocycles. The minimum Gasteiger partial charge on any atom is -0.281 e. The number of hydrogen-bond donors (Lipinski definition) is 1. The summed E-state index contributed by atoms with van der Waals surface area (Å²) >= 11 is 6.16. The third-order valence-corrected chi connectivity index (χ3v) is 3.77. The fourth-order valence-corrected chi connectivity index (χ4v) is 2.70. The Morgan fingerprint density at radius 1 is 0.952 bits per heavy atom. The second-order valence-electron chi connectivity index (χ2n) is 5.39. The van der Waals surface area contributed by atoms with E-state index >= 15 is 0 Å². The molecule has 0 fully saturated rings. The SMILES string of the molecule is CC(C)c1[nH]nc(-c2ccccc2)c1-c1cccc(Cl)c1. The molecule has 0 bridgehead atoms. The van der Waals surface area contributed by atoms with E-state index in [0.717, 1.165) is 33.1 Å². The molecule has 0 aliphatic carbocycles. The highest BCUT2D eigenvalue weighted by Gasteiger charge is 2.18. The molecule has 0 saturated heterocycles. The summed E-state index contributed by atoms with van der Waals surface area (Å²) in [5.74, 6) is 0.365. The van der Waals surface area contributed by atoms with Crippen molar-refractivity contribution < 1.29 is 0 Å². The predicted octanol–water partition coefficient (Wildman–Crippen LogP) is 5.52. The van der Waals surface area contributed by atoms with Crippen LogP contribution in [-0.2, 0) is 0 Å². The molecular weight excluding hydrogens is 280 g/mol. The number of aromatic amines is 1. The summed E-state index contributed by atoms with van der Waals surface area (Å²) in [6.07, 6.45) is 0. The predicted molar refractivity (Wildman–Crippen MR) is 88.6 cm³/mol. The maximum absolute atomic E-state index is 6.16. The Morgan fingerprint density at radius 3 is 2.33 bits per heavy atom. The number of H-pyrrole nitrogens is 1. The number of halogens is 1. The third kappa shape index (κ3) is 2.72. The van der Waals surface area contributed by atoms with E-state index in [2.05, 4.69) is 42.2 Å². The van der Waals surface area contributed by atoms with Crippen LogP contribution >= 0.6 is 11.6 Å². The Morgan fingerprint density at radius 2 is 1.67 bits per heavy atom. The van der Waals surface area contributed by atoms with Crippen LogP contribution in [0.5, 0.6) is 0 Å². The second-order valence-corrected chi connectivity index (χ2v) is 5.83. The third-order valence-electron chi connectivity index (χ3n) is 3.53. The first kappa shape index (κ1) is 13.9. The van der Waals surface area contributed by atoms with Gasteiger partial charge in [0.25, 0.3) is 0 Å². The van der Waals surface area contributed by atoms with Crippen LogP contribution in [-0.4, -0.2) is 10.2 Å². The van der Waals surface area contributed by atoms with Crippen molar-refractivity contribution in [3.05, 3.63) is 65.3 Å². The number of benzene rings is 2. The van der Waals surface area contributed by atoms with E-state index in [1.54, 1.807) is 0 Å². The monoisotopic (exact) mass is 296 g/mol. The van der Waals surface area contributed by atoms with Crippen LogP contribution < -0.4 is 0 Å². The summed E-state index contributed by atoms with van der Waals surface area (Å²) < 4.78 is 0. The highest BCUT2D eigenvalue weighted by molar-refractivity contribution is 6.30. The zero-order valence-corrected chi connectivity index (χ0v) is 12.9. The van der Waals surface area contributed by atoms with Gasteiger partial charge in [0.2, 0.25) is 0 Å². The Kier molecular flexibility index (Phi) is 3.80. The van der Waals surface area contributed by atoms with Crippen LogP contribution in [0.4, 0.5) is 0 Å².